The average molecular weight is 369 g/mol. The minimum atomic E-state index is -3.76. The summed E-state index contributed by atoms with van der Waals surface area (Å²) in [7, 11) is -3.76. The first-order chi connectivity index (χ1) is 12.4. The number of rotatable bonds is 4. The molecule has 3 aromatic rings. The van der Waals surface area contributed by atoms with Gasteiger partial charge in [0.25, 0.3) is 0 Å². The van der Waals surface area contributed by atoms with Crippen molar-refractivity contribution in [1.29, 1.82) is 5.26 Å². The van der Waals surface area contributed by atoms with Gasteiger partial charge in [0, 0.05) is 24.5 Å². The molecule has 0 spiro atoms. The molecule has 10 heteroatoms. The Hall–Kier alpha value is -3.55. The molecule has 9 nitrogen and oxygen atoms in total. The number of nitrogens with zero attached hydrogens (tertiary/aromatic N) is 3. The van der Waals surface area contributed by atoms with Crippen LogP contribution in [-0.4, -0.2) is 18.0 Å². The average Bonchev–Trinajstić information content (AvgIpc) is 2.62. The Bertz CT molecular complexity index is 1140. The van der Waals surface area contributed by atoms with Crippen LogP contribution in [-0.2, 0) is 10.0 Å². The normalized spacial score (nSPS) is 10.9. The van der Waals surface area contributed by atoms with Crippen molar-refractivity contribution >= 4 is 21.7 Å². The van der Waals surface area contributed by atoms with Crippen molar-refractivity contribution in [3.8, 4) is 11.9 Å². The minimum absolute atomic E-state index is 0.00577. The van der Waals surface area contributed by atoms with E-state index in [4.69, 9.17) is 5.14 Å². The number of H-pyrrole nitrogens is 1. The lowest BCUT2D eigenvalue weighted by Gasteiger charge is -2.05. The lowest BCUT2D eigenvalue weighted by Crippen LogP contribution is -2.17. The van der Waals surface area contributed by atoms with Crippen LogP contribution in [0.25, 0.3) is 5.82 Å². The van der Waals surface area contributed by atoms with Crippen LogP contribution in [0.3, 0.4) is 0 Å². The van der Waals surface area contributed by atoms with Gasteiger partial charge in [-0.2, -0.15) is 5.26 Å². The van der Waals surface area contributed by atoms with Gasteiger partial charge in [-0.05, 0) is 24.3 Å². The summed E-state index contributed by atoms with van der Waals surface area (Å²) in [5.74, 6) is 0.649. The highest BCUT2D eigenvalue weighted by Crippen LogP contribution is 2.16. The third kappa shape index (κ3) is 3.75. The van der Waals surface area contributed by atoms with E-state index >= 15 is 0 Å². The van der Waals surface area contributed by atoms with Crippen LogP contribution < -0.4 is 20.9 Å². The zero-order chi connectivity index (χ0) is 18.7. The Labute approximate surface area is 148 Å². The Morgan fingerprint density at radius 2 is 1.81 bits per heavy atom. The molecule has 0 unspecified atom stereocenters. The Kier molecular flexibility index (Phi) is 4.49. The monoisotopic (exact) mass is 369 g/mol. The van der Waals surface area contributed by atoms with Crippen LogP contribution in [0.5, 0.6) is 0 Å². The second-order valence-corrected chi connectivity index (χ2v) is 6.80. The number of pyridine rings is 1. The van der Waals surface area contributed by atoms with Gasteiger partial charge in [0.15, 0.2) is 5.43 Å². The van der Waals surface area contributed by atoms with Gasteiger partial charge in [-0.3, -0.25) is 9.36 Å². The van der Waals surface area contributed by atoms with E-state index in [1.54, 1.807) is 4.57 Å². The highest BCUT2D eigenvalue weighted by atomic mass is 32.2. The molecule has 2 heterocycles. The summed E-state index contributed by atoms with van der Waals surface area (Å²) < 4.78 is 24.1. The van der Waals surface area contributed by atoms with Crippen molar-refractivity contribution in [2.45, 2.75) is 4.90 Å². The summed E-state index contributed by atoms with van der Waals surface area (Å²) in [5.41, 5.74) is 0.691. The highest BCUT2D eigenvalue weighted by Gasteiger charge is 2.15. The van der Waals surface area contributed by atoms with Gasteiger partial charge in [0.2, 0.25) is 15.8 Å². The molecule has 0 saturated carbocycles. The molecule has 0 fully saturated rings. The topological polar surface area (TPSA) is 145 Å². The molecule has 0 bridgehead atoms. The second kappa shape index (κ2) is 6.75. The van der Waals surface area contributed by atoms with Crippen LogP contribution in [0.2, 0.25) is 0 Å². The predicted molar refractivity (Wildman–Crippen MR) is 92.2 cm³/mol. The minimum Gasteiger partial charge on any atom is -0.293 e. The van der Waals surface area contributed by atoms with Gasteiger partial charge < -0.3 is 0 Å². The van der Waals surface area contributed by atoms with E-state index < -0.39 is 10.0 Å². The number of primary sulfonamides is 1. The molecule has 3 rings (SSSR count). The fraction of sp³-hybridized carbons (Fsp3) is 0. The summed E-state index contributed by atoms with van der Waals surface area (Å²) in [6.07, 6.45) is 4.49. The zero-order valence-corrected chi connectivity index (χ0v) is 14.1. The molecular weight excluding hydrogens is 356 g/mol. The maximum Gasteiger partial charge on any atom is 0.396 e. The van der Waals surface area contributed by atoms with Crippen molar-refractivity contribution in [3.05, 3.63) is 70.8 Å². The first kappa shape index (κ1) is 17.3. The van der Waals surface area contributed by atoms with Crippen molar-refractivity contribution in [2.24, 2.45) is 5.14 Å². The van der Waals surface area contributed by atoms with Gasteiger partial charge in [0.1, 0.15) is 11.6 Å². The summed E-state index contributed by atoms with van der Waals surface area (Å²) in [6, 6.07) is 10.5. The van der Waals surface area contributed by atoms with Crippen molar-refractivity contribution in [1.82, 2.24) is 9.55 Å². The molecule has 0 aliphatic heterocycles. The van der Waals surface area contributed by atoms with Gasteiger partial charge in [-0.1, -0.05) is 4.98 Å². The maximum absolute atomic E-state index is 11.3. The quantitative estimate of drug-likeness (QED) is 0.677. The largest absolute Gasteiger partial charge is 0.396 e. The molecular formula is C16H13N6O3S+. The Balaban J connectivity index is 1.94. The van der Waals surface area contributed by atoms with Crippen LogP contribution in [0.15, 0.2) is 64.7 Å². The fourth-order valence-electron chi connectivity index (χ4n) is 2.17. The Morgan fingerprint density at radius 1 is 1.15 bits per heavy atom. The molecule has 0 amide bonds. The number of nitrogens with one attached hydrogen (secondary N) is 2. The molecule has 0 aliphatic rings. The van der Waals surface area contributed by atoms with E-state index in [-0.39, 0.29) is 15.9 Å². The van der Waals surface area contributed by atoms with Crippen molar-refractivity contribution in [2.75, 3.05) is 5.32 Å². The van der Waals surface area contributed by atoms with E-state index in [1.165, 1.54) is 55.0 Å². The van der Waals surface area contributed by atoms with E-state index in [1.807, 2.05) is 6.07 Å². The molecule has 130 valence electrons. The van der Waals surface area contributed by atoms with Gasteiger partial charge >= 0.3 is 5.95 Å². The molecule has 0 aliphatic carbocycles. The lowest BCUT2D eigenvalue weighted by molar-refractivity contribution is -0.364. The van der Waals surface area contributed by atoms with Crippen LogP contribution in [0.1, 0.15) is 5.56 Å². The molecule has 0 saturated heterocycles. The summed E-state index contributed by atoms with van der Waals surface area (Å²) >= 11 is 0. The number of aromatic nitrogens is 3. The predicted octanol–water partition coefficient (Wildman–Crippen LogP) is 0.309. The molecule has 0 radical (unpaired) electrons. The smallest absolute Gasteiger partial charge is 0.293 e. The van der Waals surface area contributed by atoms with Crippen molar-refractivity contribution < 1.29 is 13.4 Å². The molecule has 0 atom stereocenters. The number of anilines is 2. The third-order valence-corrected chi connectivity index (χ3v) is 4.35. The van der Waals surface area contributed by atoms with Crippen LogP contribution in [0, 0.1) is 11.3 Å². The number of nitriles is 1. The number of hydrogen-bond donors (Lipinski definition) is 2. The number of hydrogen-bond acceptors (Lipinski definition) is 6. The van der Waals surface area contributed by atoms with Gasteiger partial charge in [-0.25, -0.2) is 23.9 Å². The maximum atomic E-state index is 11.3. The standard InChI is InChI=1S/C16H12N6O3S/c17-9-11-10-19-16(21-15(11)22-7-5-13(23)6-8-22)20-12-1-3-14(4-2-12)26(18,24)25/h1-8,10H,(H2,18,24,25)(H,19,20,21)/p+1. The van der Waals surface area contributed by atoms with Gasteiger partial charge in [0.05, 0.1) is 16.8 Å². The SMILES string of the molecule is N#Cc1c[nH+]c(Nc2ccc(S(N)(=O)=O)cc2)nc1-n1ccc(=O)cc1. The second-order valence-electron chi connectivity index (χ2n) is 5.23. The number of benzene rings is 1. The van der Waals surface area contributed by atoms with Crippen LogP contribution in [0.4, 0.5) is 11.6 Å². The Morgan fingerprint density at radius 3 is 2.38 bits per heavy atom. The third-order valence-electron chi connectivity index (χ3n) is 3.42. The van der Waals surface area contributed by atoms with E-state index in [2.05, 4.69) is 15.3 Å². The molecule has 26 heavy (non-hydrogen) atoms. The van der Waals surface area contributed by atoms with E-state index in [0.717, 1.165) is 0 Å². The van der Waals surface area contributed by atoms with Crippen molar-refractivity contribution in [3.63, 3.8) is 0 Å². The van der Waals surface area contributed by atoms with E-state index in [9.17, 15) is 18.5 Å². The number of sulfonamides is 1. The zero-order valence-electron chi connectivity index (χ0n) is 13.2. The summed E-state index contributed by atoms with van der Waals surface area (Å²) in [6.45, 7) is 0. The lowest BCUT2D eigenvalue weighted by atomic mass is 10.3. The molecule has 1 aromatic carbocycles. The van der Waals surface area contributed by atoms with E-state index in [0.29, 0.717) is 17.5 Å². The molecule has 2 aromatic heterocycles. The number of nitrogens with two attached hydrogens (primary N) is 1. The summed E-state index contributed by atoms with van der Waals surface area (Å²) in [5, 5.41) is 17.3. The fourth-order valence-corrected chi connectivity index (χ4v) is 2.68. The first-order valence-corrected chi connectivity index (χ1v) is 8.83. The number of aromatic amines is 1. The molecule has 4 N–H and O–H groups in total. The summed E-state index contributed by atoms with van der Waals surface area (Å²) in [4.78, 5) is 18.4. The van der Waals surface area contributed by atoms with Crippen LogP contribution >= 0.6 is 0 Å². The first-order valence-electron chi connectivity index (χ1n) is 7.28. The highest BCUT2D eigenvalue weighted by molar-refractivity contribution is 7.89. The van der Waals surface area contributed by atoms with Gasteiger partial charge in [-0.15, -0.1) is 0 Å².